The van der Waals surface area contributed by atoms with Crippen molar-refractivity contribution in [1.82, 2.24) is 14.5 Å². The van der Waals surface area contributed by atoms with E-state index in [-0.39, 0.29) is 0 Å². The number of nitrogens with zero attached hydrogens (tertiary/aromatic N) is 3. The van der Waals surface area contributed by atoms with Gasteiger partial charge in [0.2, 0.25) is 5.95 Å². The monoisotopic (exact) mass is 230 g/mol. The van der Waals surface area contributed by atoms with Gasteiger partial charge in [0.25, 0.3) is 0 Å². The lowest BCUT2D eigenvalue weighted by Gasteiger charge is -2.08. The number of imidazole rings is 1. The molecule has 0 saturated carbocycles. The van der Waals surface area contributed by atoms with Crippen molar-refractivity contribution in [1.29, 1.82) is 0 Å². The molecule has 0 unspecified atom stereocenters. The Morgan fingerprint density at radius 3 is 2.88 bits per heavy atom. The Kier molecular flexibility index (Phi) is 3.75. The zero-order valence-electron chi connectivity index (χ0n) is 10.3. The van der Waals surface area contributed by atoms with Crippen LogP contribution < -0.4 is 5.32 Å². The molecule has 0 fully saturated rings. The standard InChI is InChI=1S/C13H18N4/c1-3-7-17-8-6-14-13(17)16-10-12-5-4-11(2)15-9-12/h4-6,8-9H,3,7,10H2,1-2H3,(H,14,16). The van der Waals surface area contributed by atoms with Crippen LogP contribution in [0.2, 0.25) is 0 Å². The molecule has 2 rings (SSSR count). The summed E-state index contributed by atoms with van der Waals surface area (Å²) in [6, 6.07) is 4.11. The minimum absolute atomic E-state index is 0.758. The van der Waals surface area contributed by atoms with Gasteiger partial charge in [-0.15, -0.1) is 0 Å². The molecule has 0 aliphatic rings. The number of pyridine rings is 1. The summed E-state index contributed by atoms with van der Waals surface area (Å²) in [5.41, 5.74) is 2.21. The number of aromatic nitrogens is 3. The molecular weight excluding hydrogens is 212 g/mol. The summed E-state index contributed by atoms with van der Waals surface area (Å²) in [6.45, 7) is 5.90. The van der Waals surface area contributed by atoms with Crippen LogP contribution in [-0.4, -0.2) is 14.5 Å². The SMILES string of the molecule is CCCn1ccnc1NCc1ccc(C)nc1. The van der Waals surface area contributed by atoms with Gasteiger partial charge < -0.3 is 9.88 Å². The van der Waals surface area contributed by atoms with Crippen LogP contribution in [0.25, 0.3) is 0 Å². The third-order valence-electron chi connectivity index (χ3n) is 2.60. The molecule has 1 N–H and O–H groups in total. The van der Waals surface area contributed by atoms with E-state index in [9.17, 15) is 0 Å². The van der Waals surface area contributed by atoms with Gasteiger partial charge >= 0.3 is 0 Å². The van der Waals surface area contributed by atoms with Gasteiger partial charge in [-0.2, -0.15) is 0 Å². The largest absolute Gasteiger partial charge is 0.352 e. The molecule has 90 valence electrons. The van der Waals surface area contributed by atoms with Crippen LogP contribution in [0.15, 0.2) is 30.7 Å². The Bertz CT molecular complexity index is 459. The van der Waals surface area contributed by atoms with Crippen LogP contribution in [0.1, 0.15) is 24.6 Å². The van der Waals surface area contributed by atoms with Gasteiger partial charge in [0.15, 0.2) is 0 Å². The van der Waals surface area contributed by atoms with E-state index in [0.717, 1.165) is 31.2 Å². The third kappa shape index (κ3) is 3.06. The van der Waals surface area contributed by atoms with Gasteiger partial charge in [-0.3, -0.25) is 4.98 Å². The lowest BCUT2D eigenvalue weighted by molar-refractivity contribution is 0.682. The molecule has 2 heterocycles. The lowest BCUT2D eigenvalue weighted by atomic mass is 10.2. The average Bonchev–Trinajstić information content (AvgIpc) is 2.77. The molecule has 0 amide bonds. The maximum atomic E-state index is 4.30. The van der Waals surface area contributed by atoms with E-state index in [1.165, 1.54) is 5.56 Å². The summed E-state index contributed by atoms with van der Waals surface area (Å²) in [5, 5.41) is 3.33. The van der Waals surface area contributed by atoms with Crippen LogP contribution in [0.3, 0.4) is 0 Å². The van der Waals surface area contributed by atoms with E-state index in [2.05, 4.69) is 32.8 Å². The number of nitrogens with one attached hydrogen (secondary N) is 1. The summed E-state index contributed by atoms with van der Waals surface area (Å²) < 4.78 is 2.13. The minimum Gasteiger partial charge on any atom is -0.352 e. The predicted octanol–water partition coefficient (Wildman–Crippen LogP) is 2.61. The summed E-state index contributed by atoms with van der Waals surface area (Å²) in [4.78, 5) is 8.57. The Hall–Kier alpha value is -1.84. The highest BCUT2D eigenvalue weighted by Gasteiger charge is 2.01. The van der Waals surface area contributed by atoms with Crippen molar-refractivity contribution in [2.75, 3.05) is 5.32 Å². The van der Waals surface area contributed by atoms with E-state index < -0.39 is 0 Å². The Labute approximate surface area is 102 Å². The van der Waals surface area contributed by atoms with Gasteiger partial charge in [-0.25, -0.2) is 4.98 Å². The van der Waals surface area contributed by atoms with E-state index in [0.29, 0.717) is 0 Å². The van der Waals surface area contributed by atoms with E-state index in [4.69, 9.17) is 0 Å². The molecule has 2 aromatic rings. The first-order valence-corrected chi connectivity index (χ1v) is 5.96. The zero-order chi connectivity index (χ0) is 12.1. The van der Waals surface area contributed by atoms with Gasteiger partial charge in [0, 0.05) is 37.4 Å². The molecule has 0 atom stereocenters. The van der Waals surface area contributed by atoms with Gasteiger partial charge in [0.05, 0.1) is 0 Å². The molecule has 17 heavy (non-hydrogen) atoms. The van der Waals surface area contributed by atoms with Crippen molar-refractivity contribution in [2.24, 2.45) is 0 Å². The van der Waals surface area contributed by atoms with Crippen LogP contribution >= 0.6 is 0 Å². The first-order chi connectivity index (χ1) is 8.29. The first kappa shape index (κ1) is 11.6. The van der Waals surface area contributed by atoms with Crippen molar-refractivity contribution < 1.29 is 0 Å². The predicted molar refractivity (Wildman–Crippen MR) is 68.8 cm³/mol. The molecule has 0 spiro atoms. The van der Waals surface area contributed by atoms with Gasteiger partial charge in [0.1, 0.15) is 0 Å². The quantitative estimate of drug-likeness (QED) is 0.858. The lowest BCUT2D eigenvalue weighted by Crippen LogP contribution is -2.07. The van der Waals surface area contributed by atoms with Gasteiger partial charge in [-0.05, 0) is 25.0 Å². The second-order valence-corrected chi connectivity index (χ2v) is 4.11. The first-order valence-electron chi connectivity index (χ1n) is 5.96. The molecule has 0 aromatic carbocycles. The summed E-state index contributed by atoms with van der Waals surface area (Å²) in [7, 11) is 0. The highest BCUT2D eigenvalue weighted by Crippen LogP contribution is 2.08. The van der Waals surface area contributed by atoms with E-state index in [1.54, 1.807) is 0 Å². The Balaban J connectivity index is 1.97. The number of hydrogen-bond donors (Lipinski definition) is 1. The van der Waals surface area contributed by atoms with Crippen molar-refractivity contribution in [2.45, 2.75) is 33.4 Å². The summed E-state index contributed by atoms with van der Waals surface area (Å²) >= 11 is 0. The second kappa shape index (κ2) is 5.48. The van der Waals surface area contributed by atoms with Crippen LogP contribution in [0, 0.1) is 6.92 Å². The molecule has 0 bridgehead atoms. The fourth-order valence-corrected chi connectivity index (χ4v) is 1.68. The zero-order valence-corrected chi connectivity index (χ0v) is 10.3. The average molecular weight is 230 g/mol. The highest BCUT2D eigenvalue weighted by atomic mass is 15.2. The van der Waals surface area contributed by atoms with Crippen molar-refractivity contribution in [3.05, 3.63) is 42.0 Å². The molecule has 0 saturated heterocycles. The fraction of sp³-hybridized carbons (Fsp3) is 0.385. The van der Waals surface area contributed by atoms with Crippen LogP contribution in [0.4, 0.5) is 5.95 Å². The minimum atomic E-state index is 0.758. The summed E-state index contributed by atoms with van der Waals surface area (Å²) in [6.07, 6.45) is 6.83. The number of anilines is 1. The second-order valence-electron chi connectivity index (χ2n) is 4.11. The Morgan fingerprint density at radius 2 is 2.18 bits per heavy atom. The maximum Gasteiger partial charge on any atom is 0.203 e. The number of rotatable bonds is 5. The molecule has 0 aliphatic carbocycles. The smallest absolute Gasteiger partial charge is 0.203 e. The van der Waals surface area contributed by atoms with Crippen molar-refractivity contribution in [3.8, 4) is 0 Å². The van der Waals surface area contributed by atoms with Crippen molar-refractivity contribution in [3.63, 3.8) is 0 Å². The maximum absolute atomic E-state index is 4.30. The van der Waals surface area contributed by atoms with Crippen LogP contribution in [-0.2, 0) is 13.1 Å². The highest BCUT2D eigenvalue weighted by molar-refractivity contribution is 5.28. The topological polar surface area (TPSA) is 42.7 Å². The van der Waals surface area contributed by atoms with Crippen LogP contribution in [0.5, 0.6) is 0 Å². The molecule has 0 radical (unpaired) electrons. The Morgan fingerprint density at radius 1 is 1.29 bits per heavy atom. The fourth-order valence-electron chi connectivity index (χ4n) is 1.68. The van der Waals surface area contributed by atoms with Gasteiger partial charge in [-0.1, -0.05) is 13.0 Å². The number of hydrogen-bond acceptors (Lipinski definition) is 3. The molecule has 4 nitrogen and oxygen atoms in total. The summed E-state index contributed by atoms with van der Waals surface area (Å²) in [5.74, 6) is 0.924. The van der Waals surface area contributed by atoms with E-state index >= 15 is 0 Å². The molecule has 4 heteroatoms. The van der Waals surface area contributed by atoms with Crippen molar-refractivity contribution >= 4 is 5.95 Å². The molecular formula is C13H18N4. The molecule has 2 aromatic heterocycles. The number of aryl methyl sites for hydroxylation is 2. The normalized spacial score (nSPS) is 10.5. The van der Waals surface area contributed by atoms with E-state index in [1.807, 2.05) is 31.6 Å². The third-order valence-corrected chi connectivity index (χ3v) is 2.60. The molecule has 0 aliphatic heterocycles.